The zero-order valence-electron chi connectivity index (χ0n) is 26.5. The number of benzene rings is 2. The molecule has 2 N–H and O–H groups in total. The Hall–Kier alpha value is -3.02. The van der Waals surface area contributed by atoms with Crippen molar-refractivity contribution in [3.63, 3.8) is 0 Å². The maximum atomic E-state index is 14.1. The molecule has 0 spiro atoms. The molecule has 3 aliphatic rings. The lowest BCUT2D eigenvalue weighted by molar-refractivity contribution is -0.894. The fraction of sp³-hybridized carbons (Fsp3) is 0.515. The minimum Gasteiger partial charge on any atom is -0.872 e. The second-order valence-corrected chi connectivity index (χ2v) is 15.2. The Kier molecular flexibility index (Phi) is 10.7. The number of nitrogens with zero attached hydrogens (tertiary/aromatic N) is 2. The van der Waals surface area contributed by atoms with Crippen LogP contribution < -0.4 is 18.6 Å². The maximum Gasteiger partial charge on any atom is 0.264 e. The number of fused-ring (bicyclic) bond motifs is 2. The van der Waals surface area contributed by atoms with Crippen molar-refractivity contribution >= 4 is 43.3 Å². The van der Waals surface area contributed by atoms with Crippen LogP contribution in [0.2, 0.25) is 0 Å². The first-order valence-corrected chi connectivity index (χ1v) is 18.8. The Bertz CT molecular complexity index is 1600. The molecule has 0 radical (unpaired) electrons. The molecule has 2 aromatic carbocycles. The summed E-state index contributed by atoms with van der Waals surface area (Å²) in [6.07, 6.45) is 5.23. The third kappa shape index (κ3) is 6.10. The summed E-state index contributed by atoms with van der Waals surface area (Å²) in [6.45, 7) is 14.1. The number of para-hydroxylation sites is 1. The second kappa shape index (κ2) is 14.0. The molecule has 242 valence electrons. The fourth-order valence-electron chi connectivity index (χ4n) is 6.79. The molecule has 2 aromatic rings. The zero-order chi connectivity index (χ0) is 32.2. The smallest absolute Gasteiger partial charge is 0.264 e. The summed E-state index contributed by atoms with van der Waals surface area (Å²) in [5, 5.41) is 24.4. The van der Waals surface area contributed by atoms with Gasteiger partial charge in [-0.25, -0.2) is 16.8 Å². The molecule has 1 unspecified atom stereocenters. The molecule has 2 aliphatic heterocycles. The van der Waals surface area contributed by atoms with Crippen molar-refractivity contribution in [1.82, 2.24) is 0 Å². The van der Waals surface area contributed by atoms with Crippen LogP contribution in [0.25, 0.3) is 11.8 Å². The van der Waals surface area contributed by atoms with Crippen molar-refractivity contribution in [3.8, 4) is 5.75 Å². The zero-order valence-corrected chi connectivity index (χ0v) is 28.2. The van der Waals surface area contributed by atoms with Crippen LogP contribution in [-0.4, -0.2) is 54.7 Å². The van der Waals surface area contributed by atoms with Gasteiger partial charge in [-0.05, 0) is 83.2 Å². The molecule has 1 saturated carbocycles. The van der Waals surface area contributed by atoms with E-state index in [1.54, 1.807) is 49.1 Å². The first-order chi connectivity index (χ1) is 21.0. The van der Waals surface area contributed by atoms with Crippen molar-refractivity contribution in [1.29, 1.82) is 0 Å². The van der Waals surface area contributed by atoms with Gasteiger partial charge in [0.05, 0.1) is 35.9 Å². The highest BCUT2D eigenvalue weighted by Gasteiger charge is 2.49. The molecule has 0 amide bonds. The Morgan fingerprint density at radius 3 is 1.95 bits per heavy atom. The standard InChI is InChI=1S/C27H32N2O6S2.C6H15N/c1-3-28-22-15-10-16-23(30)20(22)17-24(36(28,32)33)25(18-11-6-5-7-12-18)27-26(31)19-13-8-9-14-21(19)29(4-2)37(27,34)35;1-4-7(5-2)6-3/h8-10,13-18,25,30-31H,3-7,11-12H2,1-2H3;4-6H2,1-3H3. The van der Waals surface area contributed by atoms with Gasteiger partial charge >= 0.3 is 0 Å². The molecule has 2 heterocycles. The molecule has 1 fully saturated rings. The van der Waals surface area contributed by atoms with E-state index in [4.69, 9.17) is 0 Å². The van der Waals surface area contributed by atoms with E-state index in [-0.39, 0.29) is 45.8 Å². The van der Waals surface area contributed by atoms with Gasteiger partial charge in [0.1, 0.15) is 10.7 Å². The SMILES string of the molecule is CCN1c2ccccc2C(O)=C(C(C2=Cc3c([O-])cccc3N(CC)S2(=O)=O)C2CCCCC2)S1(=O)=O.CC[NH+](CC)CC. The summed E-state index contributed by atoms with van der Waals surface area (Å²) in [6, 6.07) is 11.2. The number of hydrogen-bond donors (Lipinski definition) is 2. The summed E-state index contributed by atoms with van der Waals surface area (Å²) in [5.41, 5.74) is 1.21. The van der Waals surface area contributed by atoms with E-state index in [0.29, 0.717) is 24.1 Å². The number of anilines is 2. The van der Waals surface area contributed by atoms with Crippen LogP contribution in [0.4, 0.5) is 11.4 Å². The van der Waals surface area contributed by atoms with Gasteiger partial charge < -0.3 is 15.1 Å². The topological polar surface area (TPSA) is 122 Å². The van der Waals surface area contributed by atoms with Gasteiger partial charge in [0.2, 0.25) is 0 Å². The van der Waals surface area contributed by atoms with E-state index in [9.17, 15) is 27.0 Å². The lowest BCUT2D eigenvalue weighted by Gasteiger charge is -2.41. The largest absolute Gasteiger partial charge is 0.872 e. The molecular weight excluding hydrogens is 599 g/mol. The summed E-state index contributed by atoms with van der Waals surface area (Å²) in [4.78, 5) is 1.25. The number of aliphatic hydroxyl groups is 1. The van der Waals surface area contributed by atoms with E-state index in [1.807, 2.05) is 0 Å². The lowest BCUT2D eigenvalue weighted by Crippen LogP contribution is -3.11. The van der Waals surface area contributed by atoms with Crippen LogP contribution >= 0.6 is 0 Å². The van der Waals surface area contributed by atoms with Crippen molar-refractivity contribution in [3.05, 3.63) is 63.4 Å². The lowest BCUT2D eigenvalue weighted by atomic mass is 9.78. The summed E-state index contributed by atoms with van der Waals surface area (Å²) < 4.78 is 58.9. The quantitative estimate of drug-likeness (QED) is 0.436. The molecule has 5 rings (SSSR count). The summed E-state index contributed by atoms with van der Waals surface area (Å²) in [5.74, 6) is -2.21. The van der Waals surface area contributed by atoms with Gasteiger partial charge in [-0.1, -0.05) is 49.3 Å². The number of quaternary nitrogens is 1. The van der Waals surface area contributed by atoms with Gasteiger partial charge in [-0.15, -0.1) is 0 Å². The number of aliphatic hydroxyl groups excluding tert-OH is 1. The molecule has 0 bridgehead atoms. The normalized spacial score (nSPS) is 19.9. The van der Waals surface area contributed by atoms with Crippen molar-refractivity contribution in [2.45, 2.75) is 66.7 Å². The van der Waals surface area contributed by atoms with Crippen LogP contribution in [0.3, 0.4) is 0 Å². The molecule has 44 heavy (non-hydrogen) atoms. The number of sulfonamides is 2. The average Bonchev–Trinajstić information content (AvgIpc) is 3.01. The minimum absolute atomic E-state index is 0.0786. The van der Waals surface area contributed by atoms with E-state index in [0.717, 1.165) is 19.3 Å². The van der Waals surface area contributed by atoms with Crippen molar-refractivity contribution in [2.75, 3.05) is 41.3 Å². The van der Waals surface area contributed by atoms with E-state index < -0.39 is 31.7 Å². The van der Waals surface area contributed by atoms with Gasteiger partial charge in [0.15, 0.2) is 0 Å². The minimum atomic E-state index is -4.28. The monoisotopic (exact) mass is 645 g/mol. The maximum absolute atomic E-state index is 14.1. The Labute approximate surface area is 263 Å². The molecule has 1 atom stereocenters. The van der Waals surface area contributed by atoms with E-state index in [2.05, 4.69) is 20.8 Å². The van der Waals surface area contributed by atoms with Gasteiger partial charge in [0.25, 0.3) is 20.0 Å². The van der Waals surface area contributed by atoms with Crippen LogP contribution in [0.1, 0.15) is 77.8 Å². The molecular formula is C33H47N3O6S2. The first kappa shape index (κ1) is 33.9. The molecule has 9 nitrogen and oxygen atoms in total. The highest BCUT2D eigenvalue weighted by Crippen LogP contribution is 2.51. The predicted molar refractivity (Wildman–Crippen MR) is 176 cm³/mol. The van der Waals surface area contributed by atoms with Gasteiger partial charge in [0, 0.05) is 24.6 Å². The summed E-state index contributed by atoms with van der Waals surface area (Å²) in [7, 11) is -8.47. The number of nitrogens with one attached hydrogen (secondary N) is 1. The Morgan fingerprint density at radius 1 is 0.818 bits per heavy atom. The Morgan fingerprint density at radius 2 is 1.39 bits per heavy atom. The number of rotatable bonds is 8. The average molecular weight is 646 g/mol. The molecule has 0 aromatic heterocycles. The van der Waals surface area contributed by atoms with Crippen LogP contribution in [0.5, 0.6) is 5.75 Å². The highest BCUT2D eigenvalue weighted by atomic mass is 32.2. The molecule has 11 heteroatoms. The molecule has 1 aliphatic carbocycles. The van der Waals surface area contributed by atoms with Crippen molar-refractivity contribution < 1.29 is 31.9 Å². The first-order valence-electron chi connectivity index (χ1n) is 15.9. The summed E-state index contributed by atoms with van der Waals surface area (Å²) >= 11 is 0. The number of allylic oxidation sites excluding steroid dienone is 2. The van der Waals surface area contributed by atoms with Crippen molar-refractivity contribution in [2.24, 2.45) is 11.8 Å². The third-order valence-corrected chi connectivity index (χ3v) is 13.2. The number of hydrogen-bond acceptors (Lipinski definition) is 6. The van der Waals surface area contributed by atoms with Gasteiger partial charge in [-0.3, -0.25) is 8.61 Å². The predicted octanol–water partition coefficient (Wildman–Crippen LogP) is 4.49. The Balaban J connectivity index is 0.000000566. The molecule has 0 saturated heterocycles. The van der Waals surface area contributed by atoms with E-state index >= 15 is 0 Å². The van der Waals surface area contributed by atoms with Crippen LogP contribution in [0, 0.1) is 11.8 Å². The van der Waals surface area contributed by atoms with Crippen LogP contribution in [-0.2, 0) is 20.0 Å². The van der Waals surface area contributed by atoms with Crippen LogP contribution in [0.15, 0.2) is 52.3 Å². The van der Waals surface area contributed by atoms with Gasteiger partial charge in [-0.2, -0.15) is 0 Å². The fourth-order valence-corrected chi connectivity index (χ4v) is 10.8. The van der Waals surface area contributed by atoms with E-state index in [1.165, 1.54) is 46.5 Å². The second-order valence-electron chi connectivity index (χ2n) is 11.5. The third-order valence-electron chi connectivity index (χ3n) is 9.20. The highest BCUT2D eigenvalue weighted by molar-refractivity contribution is 7.98.